The maximum Gasteiger partial charge on any atom is 0.311 e. The molecule has 0 aromatic rings. The molecule has 2 unspecified atom stereocenters. The van der Waals surface area contributed by atoms with Gasteiger partial charge in [-0.1, -0.05) is 19.8 Å². The van der Waals surface area contributed by atoms with Crippen LogP contribution in [0.3, 0.4) is 0 Å². The number of rotatable bonds is 8. The van der Waals surface area contributed by atoms with Crippen LogP contribution in [0.2, 0.25) is 0 Å². The quantitative estimate of drug-likeness (QED) is 0.648. The van der Waals surface area contributed by atoms with Gasteiger partial charge in [-0.15, -0.1) is 0 Å². The monoisotopic (exact) mass is 232 g/mol. The lowest BCUT2D eigenvalue weighted by Crippen LogP contribution is -2.44. The molecule has 16 heavy (non-hydrogen) atoms. The van der Waals surface area contributed by atoms with E-state index in [0.29, 0.717) is 13.0 Å². The van der Waals surface area contributed by atoms with E-state index >= 15 is 0 Å². The average Bonchev–Trinajstić information content (AvgIpc) is 2.26. The van der Waals surface area contributed by atoms with Crippen molar-refractivity contribution in [3.8, 4) is 0 Å². The molecule has 0 aromatic heterocycles. The van der Waals surface area contributed by atoms with Gasteiger partial charge in [0.05, 0.1) is 25.2 Å². The lowest BCUT2D eigenvalue weighted by molar-refractivity contribution is -0.160. The summed E-state index contributed by atoms with van der Waals surface area (Å²) in [6, 6.07) is 0. The molecule has 4 nitrogen and oxygen atoms in total. The van der Waals surface area contributed by atoms with Crippen molar-refractivity contribution in [2.75, 3.05) is 20.3 Å². The van der Waals surface area contributed by atoms with E-state index in [0.717, 1.165) is 12.8 Å². The Hall–Kier alpha value is -0.610. The second-order valence-corrected chi connectivity index (χ2v) is 4.21. The third-order valence-electron chi connectivity index (χ3n) is 2.68. The van der Waals surface area contributed by atoms with Gasteiger partial charge in [-0.3, -0.25) is 4.79 Å². The van der Waals surface area contributed by atoms with Gasteiger partial charge in [0.25, 0.3) is 0 Å². The Morgan fingerprint density at radius 1 is 1.44 bits per heavy atom. The molecule has 0 radical (unpaired) electrons. The first-order chi connectivity index (χ1) is 7.49. The molecule has 4 heteroatoms. The van der Waals surface area contributed by atoms with Gasteiger partial charge >= 0.3 is 5.97 Å². The van der Waals surface area contributed by atoms with Crippen molar-refractivity contribution in [2.24, 2.45) is 5.92 Å². The van der Waals surface area contributed by atoms with Gasteiger partial charge in [0.2, 0.25) is 0 Å². The molecule has 0 fully saturated rings. The number of esters is 1. The summed E-state index contributed by atoms with van der Waals surface area (Å²) in [5.41, 5.74) is -1.15. The topological polar surface area (TPSA) is 55.8 Å². The largest absolute Gasteiger partial charge is 0.469 e. The molecule has 0 aliphatic heterocycles. The molecule has 0 rings (SSSR count). The van der Waals surface area contributed by atoms with Crippen molar-refractivity contribution in [1.82, 2.24) is 0 Å². The molecule has 1 N–H and O–H groups in total. The SMILES string of the molecule is CCCCC(C(=O)OC)C(C)(O)COCC. The van der Waals surface area contributed by atoms with Crippen molar-refractivity contribution < 1.29 is 19.4 Å². The Labute approximate surface area is 97.9 Å². The lowest BCUT2D eigenvalue weighted by Gasteiger charge is -2.30. The standard InChI is InChI=1S/C12H24O4/c1-5-7-8-10(11(13)15-4)12(3,14)9-16-6-2/h10,14H,5-9H2,1-4H3. The molecule has 0 aliphatic carbocycles. The van der Waals surface area contributed by atoms with E-state index < -0.39 is 11.5 Å². The molecular weight excluding hydrogens is 208 g/mol. The Morgan fingerprint density at radius 3 is 2.50 bits per heavy atom. The first-order valence-electron chi connectivity index (χ1n) is 5.87. The molecule has 0 saturated carbocycles. The van der Waals surface area contributed by atoms with Gasteiger partial charge in [-0.05, 0) is 20.3 Å². The van der Waals surface area contributed by atoms with Gasteiger partial charge in [-0.25, -0.2) is 0 Å². The maximum absolute atomic E-state index is 11.6. The Balaban J connectivity index is 4.51. The Kier molecular flexibility index (Phi) is 7.34. The zero-order valence-corrected chi connectivity index (χ0v) is 10.8. The summed E-state index contributed by atoms with van der Waals surface area (Å²) in [4.78, 5) is 11.6. The molecule has 0 aliphatic rings. The zero-order chi connectivity index (χ0) is 12.6. The number of carbonyl (C=O) groups is 1. The van der Waals surface area contributed by atoms with Crippen molar-refractivity contribution in [3.63, 3.8) is 0 Å². The van der Waals surface area contributed by atoms with Crippen molar-refractivity contribution in [3.05, 3.63) is 0 Å². The van der Waals surface area contributed by atoms with Crippen LogP contribution in [0.5, 0.6) is 0 Å². The number of methoxy groups -OCH3 is 1. The molecule has 0 aromatic carbocycles. The summed E-state index contributed by atoms with van der Waals surface area (Å²) in [6.45, 7) is 6.21. The van der Waals surface area contributed by atoms with Gasteiger partial charge in [-0.2, -0.15) is 0 Å². The fourth-order valence-electron chi connectivity index (χ4n) is 1.64. The Bertz CT molecular complexity index is 201. The summed E-state index contributed by atoms with van der Waals surface area (Å²) < 4.78 is 9.92. The average molecular weight is 232 g/mol. The van der Waals surface area contributed by atoms with Crippen LogP contribution in [-0.2, 0) is 14.3 Å². The first kappa shape index (κ1) is 15.4. The van der Waals surface area contributed by atoms with E-state index in [2.05, 4.69) is 0 Å². The van der Waals surface area contributed by atoms with Crippen LogP contribution < -0.4 is 0 Å². The highest BCUT2D eigenvalue weighted by atomic mass is 16.5. The van der Waals surface area contributed by atoms with Crippen molar-refractivity contribution in [2.45, 2.75) is 45.6 Å². The van der Waals surface area contributed by atoms with Crippen molar-refractivity contribution in [1.29, 1.82) is 0 Å². The van der Waals surface area contributed by atoms with Crippen LogP contribution in [0, 0.1) is 5.92 Å². The number of carbonyl (C=O) groups excluding carboxylic acids is 1. The molecule has 96 valence electrons. The molecule has 0 saturated heterocycles. The molecule has 0 bridgehead atoms. The fourth-order valence-corrected chi connectivity index (χ4v) is 1.64. The summed E-state index contributed by atoms with van der Waals surface area (Å²) in [5, 5.41) is 10.2. The molecule has 0 heterocycles. The third-order valence-corrected chi connectivity index (χ3v) is 2.68. The highest BCUT2D eigenvalue weighted by Gasteiger charge is 2.37. The van der Waals surface area contributed by atoms with Crippen LogP contribution >= 0.6 is 0 Å². The van der Waals surface area contributed by atoms with Crippen LogP contribution in [0.15, 0.2) is 0 Å². The molecule has 0 spiro atoms. The normalized spacial score (nSPS) is 16.6. The van der Waals surface area contributed by atoms with Crippen LogP contribution in [0.4, 0.5) is 0 Å². The zero-order valence-electron chi connectivity index (χ0n) is 10.8. The first-order valence-corrected chi connectivity index (χ1v) is 5.87. The molecule has 0 amide bonds. The molecular formula is C12H24O4. The number of aliphatic hydroxyl groups is 1. The van der Waals surface area contributed by atoms with E-state index in [9.17, 15) is 9.90 Å². The van der Waals surface area contributed by atoms with E-state index in [-0.39, 0.29) is 12.6 Å². The minimum Gasteiger partial charge on any atom is -0.469 e. The van der Waals surface area contributed by atoms with Gasteiger partial charge < -0.3 is 14.6 Å². The summed E-state index contributed by atoms with van der Waals surface area (Å²) in [7, 11) is 1.35. The smallest absolute Gasteiger partial charge is 0.311 e. The predicted octanol–water partition coefficient (Wildman–Crippen LogP) is 1.75. The number of hydrogen-bond acceptors (Lipinski definition) is 4. The van der Waals surface area contributed by atoms with Gasteiger partial charge in [0, 0.05) is 6.61 Å². The van der Waals surface area contributed by atoms with Crippen molar-refractivity contribution >= 4 is 5.97 Å². The number of hydrogen-bond donors (Lipinski definition) is 1. The predicted molar refractivity (Wildman–Crippen MR) is 62.1 cm³/mol. The lowest BCUT2D eigenvalue weighted by atomic mass is 9.85. The summed E-state index contributed by atoms with van der Waals surface area (Å²) in [5.74, 6) is -0.873. The second-order valence-electron chi connectivity index (χ2n) is 4.21. The van der Waals surface area contributed by atoms with E-state index in [4.69, 9.17) is 9.47 Å². The Morgan fingerprint density at radius 2 is 2.06 bits per heavy atom. The second kappa shape index (κ2) is 7.63. The van der Waals surface area contributed by atoms with Crippen LogP contribution in [0.1, 0.15) is 40.0 Å². The summed E-state index contributed by atoms with van der Waals surface area (Å²) >= 11 is 0. The summed E-state index contributed by atoms with van der Waals surface area (Å²) in [6.07, 6.45) is 2.50. The van der Waals surface area contributed by atoms with Gasteiger partial charge in [0.1, 0.15) is 0 Å². The van der Waals surface area contributed by atoms with E-state index in [1.807, 2.05) is 13.8 Å². The highest BCUT2D eigenvalue weighted by molar-refractivity contribution is 5.73. The minimum absolute atomic E-state index is 0.160. The van der Waals surface area contributed by atoms with Crippen LogP contribution in [0.25, 0.3) is 0 Å². The van der Waals surface area contributed by atoms with Gasteiger partial charge in [0.15, 0.2) is 0 Å². The number of ether oxygens (including phenoxy) is 2. The highest BCUT2D eigenvalue weighted by Crippen LogP contribution is 2.24. The third kappa shape index (κ3) is 4.94. The van der Waals surface area contributed by atoms with E-state index in [1.165, 1.54) is 7.11 Å². The minimum atomic E-state index is -1.15. The number of unbranched alkanes of at least 4 members (excludes halogenated alkanes) is 1. The van der Waals surface area contributed by atoms with E-state index in [1.54, 1.807) is 6.92 Å². The molecule has 2 atom stereocenters. The van der Waals surface area contributed by atoms with Crippen LogP contribution in [-0.4, -0.2) is 37.0 Å². The maximum atomic E-state index is 11.6. The fraction of sp³-hybridized carbons (Fsp3) is 0.917.